The Bertz CT molecular complexity index is 840. The Kier molecular flexibility index (Phi) is 12.3. The molecular weight excluding hydrogens is 416 g/mol. The van der Waals surface area contributed by atoms with Crippen LogP contribution in [-0.4, -0.2) is 41.1 Å². The molecule has 0 aromatic heterocycles. The third kappa shape index (κ3) is 12.7. The van der Waals surface area contributed by atoms with Gasteiger partial charge in [-0.05, 0) is 72.1 Å². The van der Waals surface area contributed by atoms with Crippen LogP contribution >= 0.6 is 0 Å². The number of allylic oxidation sites excluding steroid dienone is 1. The number of hydrogen-bond donors (Lipinski definition) is 1. The Balaban J connectivity index is 4.33. The predicted molar refractivity (Wildman–Crippen MR) is 137 cm³/mol. The van der Waals surface area contributed by atoms with Gasteiger partial charge >= 0.3 is 0 Å². The molecule has 0 fully saturated rings. The molecule has 0 radical (unpaired) electrons. The Morgan fingerprint density at radius 1 is 0.806 bits per heavy atom. The zero-order chi connectivity index (χ0) is 24.2. The summed E-state index contributed by atoms with van der Waals surface area (Å²) < 4.78 is 12.0. The summed E-state index contributed by atoms with van der Waals surface area (Å²) in [6.07, 6.45) is 2.82. The second-order valence-corrected chi connectivity index (χ2v) is 20.0. The number of hydrogen-bond acceptors (Lipinski definition) is 3. The minimum absolute atomic E-state index is 0.158. The summed E-state index contributed by atoms with van der Waals surface area (Å²) in [5.41, 5.74) is 0. The minimum Gasteiger partial charge on any atom is -0.416 e. The molecule has 0 saturated carbocycles. The third-order valence-electron chi connectivity index (χ3n) is 5.76. The van der Waals surface area contributed by atoms with Crippen molar-refractivity contribution in [3.8, 4) is 47.4 Å². The van der Waals surface area contributed by atoms with Crippen LogP contribution in [-0.2, 0) is 8.85 Å². The highest BCUT2D eigenvalue weighted by Crippen LogP contribution is 2.37. The zero-order valence-electron chi connectivity index (χ0n) is 21.1. The largest absolute Gasteiger partial charge is 0.416 e. The van der Waals surface area contributed by atoms with Crippen molar-refractivity contribution in [2.45, 2.75) is 90.3 Å². The predicted octanol–water partition coefficient (Wildman–Crippen LogP) is 5.35. The molecule has 0 aliphatic heterocycles. The van der Waals surface area contributed by atoms with Crippen LogP contribution in [0.5, 0.6) is 0 Å². The molecule has 1 atom stereocenters. The van der Waals surface area contributed by atoms with Crippen LogP contribution in [0, 0.1) is 47.4 Å². The average Bonchev–Trinajstić information content (AvgIpc) is 2.61. The lowest BCUT2D eigenvalue weighted by Gasteiger charge is -2.35. The van der Waals surface area contributed by atoms with Crippen molar-refractivity contribution in [3.05, 3.63) is 12.2 Å². The molecule has 1 unspecified atom stereocenters. The van der Waals surface area contributed by atoms with E-state index in [-0.39, 0.29) is 10.1 Å². The maximum Gasteiger partial charge on any atom is 0.193 e. The van der Waals surface area contributed by atoms with Crippen LogP contribution in [0.3, 0.4) is 0 Å². The molecule has 0 bridgehead atoms. The topological polar surface area (TPSA) is 38.7 Å². The van der Waals surface area contributed by atoms with Gasteiger partial charge in [0.1, 0.15) is 6.10 Å². The molecule has 170 valence electrons. The highest BCUT2D eigenvalue weighted by molar-refractivity contribution is 6.74. The van der Waals surface area contributed by atoms with Crippen LogP contribution in [0.15, 0.2) is 12.2 Å². The van der Waals surface area contributed by atoms with E-state index in [0.29, 0.717) is 19.6 Å². The maximum atomic E-state index is 9.79. The van der Waals surface area contributed by atoms with Crippen molar-refractivity contribution in [3.63, 3.8) is 0 Å². The first-order valence-electron chi connectivity index (χ1n) is 10.7. The van der Waals surface area contributed by atoms with Gasteiger partial charge in [0.15, 0.2) is 16.6 Å². The monoisotopic (exact) mass is 456 g/mol. The second-order valence-electron chi connectivity index (χ2n) is 10.4. The number of rotatable bonds is 6. The molecular formula is C26H40O3Si2. The van der Waals surface area contributed by atoms with Crippen molar-refractivity contribution in [2.75, 3.05) is 13.2 Å². The summed E-state index contributed by atoms with van der Waals surface area (Å²) in [5, 5.41) is 10.2. The lowest BCUT2D eigenvalue weighted by atomic mass is 10.2. The van der Waals surface area contributed by atoms with Crippen LogP contribution < -0.4 is 0 Å². The van der Waals surface area contributed by atoms with Crippen LogP contribution in [0.25, 0.3) is 0 Å². The van der Waals surface area contributed by atoms with E-state index in [1.54, 1.807) is 6.08 Å². The molecule has 0 heterocycles. The van der Waals surface area contributed by atoms with Crippen molar-refractivity contribution >= 4 is 16.6 Å². The van der Waals surface area contributed by atoms with E-state index in [0.717, 1.165) is 0 Å². The molecule has 0 rings (SSSR count). The molecule has 0 spiro atoms. The van der Waals surface area contributed by atoms with Gasteiger partial charge in [-0.25, -0.2) is 0 Å². The highest BCUT2D eigenvalue weighted by Gasteiger charge is 2.37. The fourth-order valence-electron chi connectivity index (χ4n) is 1.57. The highest BCUT2D eigenvalue weighted by atomic mass is 28.4. The summed E-state index contributed by atoms with van der Waals surface area (Å²) in [6.45, 7) is 23.1. The van der Waals surface area contributed by atoms with E-state index in [1.807, 2.05) is 0 Å². The molecule has 0 aromatic rings. The Morgan fingerprint density at radius 2 is 1.35 bits per heavy atom. The Morgan fingerprint density at radius 3 is 1.94 bits per heavy atom. The molecule has 3 nitrogen and oxygen atoms in total. The van der Waals surface area contributed by atoms with E-state index in [2.05, 4.69) is 115 Å². The van der Waals surface area contributed by atoms with Gasteiger partial charge in [-0.1, -0.05) is 65.2 Å². The van der Waals surface area contributed by atoms with Gasteiger partial charge in [0, 0.05) is 13.0 Å². The average molecular weight is 457 g/mol. The Labute approximate surface area is 193 Å². The first-order valence-corrected chi connectivity index (χ1v) is 16.5. The lowest BCUT2D eigenvalue weighted by Crippen LogP contribution is -2.40. The van der Waals surface area contributed by atoms with Crippen molar-refractivity contribution < 1.29 is 14.0 Å². The summed E-state index contributed by atoms with van der Waals surface area (Å²) in [6, 6.07) is 0. The third-order valence-corrected chi connectivity index (χ3v) is 14.8. The summed E-state index contributed by atoms with van der Waals surface area (Å²) in [4.78, 5) is 0. The number of aliphatic hydroxyl groups excluding tert-OH is 1. The van der Waals surface area contributed by atoms with Crippen LogP contribution in [0.1, 0.15) is 48.0 Å². The number of aliphatic hydroxyl groups is 1. The minimum atomic E-state index is -1.78. The van der Waals surface area contributed by atoms with E-state index >= 15 is 0 Å². The first kappa shape index (κ1) is 29.3. The van der Waals surface area contributed by atoms with Gasteiger partial charge in [-0.15, -0.1) is 0 Å². The molecule has 0 aliphatic rings. The first-order chi connectivity index (χ1) is 14.1. The van der Waals surface area contributed by atoms with Crippen LogP contribution in [0.4, 0.5) is 0 Å². The summed E-state index contributed by atoms with van der Waals surface area (Å²) in [7, 11) is -3.49. The maximum absolute atomic E-state index is 9.79. The van der Waals surface area contributed by atoms with Gasteiger partial charge in [-0.2, -0.15) is 0 Å². The molecule has 5 heteroatoms. The molecule has 1 N–H and O–H groups in total. The summed E-state index contributed by atoms with van der Waals surface area (Å²) in [5.74, 6) is 22.2. The van der Waals surface area contributed by atoms with E-state index in [4.69, 9.17) is 8.85 Å². The zero-order valence-corrected chi connectivity index (χ0v) is 23.1. The van der Waals surface area contributed by atoms with Gasteiger partial charge < -0.3 is 14.0 Å². The van der Waals surface area contributed by atoms with Gasteiger partial charge in [0.05, 0.1) is 6.61 Å². The van der Waals surface area contributed by atoms with Gasteiger partial charge in [0.25, 0.3) is 0 Å². The molecule has 0 aromatic carbocycles. The SMILES string of the molecule is CC(C)(C)[Si](C)(C)OCC#CC#CC(O)/C=C\C#CC#CCCO[Si](C)(C)C(C)(C)C. The smallest absolute Gasteiger partial charge is 0.193 e. The molecule has 0 saturated heterocycles. The van der Waals surface area contributed by atoms with E-state index in [9.17, 15) is 5.11 Å². The molecule has 31 heavy (non-hydrogen) atoms. The van der Waals surface area contributed by atoms with E-state index in [1.165, 1.54) is 6.08 Å². The summed E-state index contributed by atoms with van der Waals surface area (Å²) >= 11 is 0. The van der Waals surface area contributed by atoms with Crippen LogP contribution in [0.2, 0.25) is 36.3 Å². The van der Waals surface area contributed by atoms with Crippen molar-refractivity contribution in [2.24, 2.45) is 0 Å². The normalized spacial score (nSPS) is 13.0. The van der Waals surface area contributed by atoms with Crippen molar-refractivity contribution in [1.29, 1.82) is 0 Å². The molecule has 0 aliphatic carbocycles. The fourth-order valence-corrected chi connectivity index (χ4v) is 3.48. The fraction of sp³-hybridized carbons (Fsp3) is 0.615. The lowest BCUT2D eigenvalue weighted by molar-refractivity contribution is 0.281. The molecule has 0 amide bonds. The van der Waals surface area contributed by atoms with Crippen molar-refractivity contribution in [1.82, 2.24) is 0 Å². The standard InChI is InChI=1S/C26H40O3Si2/c1-25(2,3)30(7,8)28-22-18-14-12-11-13-16-20-24(27)21-17-15-19-23-29-31(9,10)26(4,5)6/h16,20,24,27H,18,22-23H2,1-10H3/b20-16-. The second kappa shape index (κ2) is 13.0. The van der Waals surface area contributed by atoms with Gasteiger partial charge in [0.2, 0.25) is 0 Å². The van der Waals surface area contributed by atoms with Gasteiger partial charge in [-0.3, -0.25) is 0 Å². The van der Waals surface area contributed by atoms with E-state index < -0.39 is 22.7 Å². The Hall–Kier alpha value is -1.71. The quantitative estimate of drug-likeness (QED) is 0.333.